The summed E-state index contributed by atoms with van der Waals surface area (Å²) >= 11 is 0. The van der Waals surface area contributed by atoms with Crippen LogP contribution >= 0.6 is 0 Å². The highest BCUT2D eigenvalue weighted by atomic mass is 32.2. The Hall–Kier alpha value is -1.90. The number of sulfonamides is 2. The van der Waals surface area contributed by atoms with Gasteiger partial charge in [-0.25, -0.2) is 16.8 Å². The Morgan fingerprint density at radius 2 is 1.50 bits per heavy atom. The minimum Gasteiger partial charge on any atom is -0.280 e. The van der Waals surface area contributed by atoms with Crippen LogP contribution in [0.2, 0.25) is 0 Å². The van der Waals surface area contributed by atoms with Gasteiger partial charge in [0.15, 0.2) is 0 Å². The molecule has 1 N–H and O–H groups in total. The van der Waals surface area contributed by atoms with Crippen LogP contribution in [0.5, 0.6) is 0 Å². The average molecular weight is 397 g/mol. The maximum atomic E-state index is 12.6. The van der Waals surface area contributed by atoms with Crippen molar-refractivity contribution in [2.45, 2.75) is 37.5 Å². The number of anilines is 1. The number of aryl methyl sites for hydroxylation is 2. The largest absolute Gasteiger partial charge is 0.280 e. The highest BCUT2D eigenvalue weighted by Gasteiger charge is 2.22. The van der Waals surface area contributed by atoms with E-state index in [-0.39, 0.29) is 15.5 Å². The summed E-state index contributed by atoms with van der Waals surface area (Å²) in [6.07, 6.45) is 0. The van der Waals surface area contributed by atoms with E-state index in [9.17, 15) is 16.8 Å². The van der Waals surface area contributed by atoms with Crippen molar-refractivity contribution in [2.24, 2.45) is 0 Å². The molecule has 0 aliphatic rings. The normalized spacial score (nSPS) is 12.3. The molecule has 6 nitrogen and oxygen atoms in total. The quantitative estimate of drug-likeness (QED) is 0.779. The van der Waals surface area contributed by atoms with E-state index >= 15 is 0 Å². The minimum atomic E-state index is -3.80. The molecule has 142 valence electrons. The van der Waals surface area contributed by atoms with Crippen LogP contribution in [-0.2, 0) is 20.0 Å². The highest BCUT2D eigenvalue weighted by molar-refractivity contribution is 7.92. The van der Waals surface area contributed by atoms with E-state index in [1.807, 2.05) is 13.8 Å². The smallest absolute Gasteiger partial charge is 0.261 e. The van der Waals surface area contributed by atoms with Gasteiger partial charge in [-0.2, -0.15) is 4.31 Å². The minimum absolute atomic E-state index is 0.0569. The van der Waals surface area contributed by atoms with Crippen molar-refractivity contribution in [1.29, 1.82) is 0 Å². The van der Waals surface area contributed by atoms with Crippen LogP contribution < -0.4 is 4.72 Å². The molecule has 8 heteroatoms. The lowest BCUT2D eigenvalue weighted by atomic mass is 10.1. The van der Waals surface area contributed by atoms with Gasteiger partial charge in [0.25, 0.3) is 10.0 Å². The van der Waals surface area contributed by atoms with Gasteiger partial charge < -0.3 is 0 Å². The maximum absolute atomic E-state index is 12.6. The van der Waals surface area contributed by atoms with Crippen LogP contribution in [0.1, 0.15) is 25.0 Å². The van der Waals surface area contributed by atoms with Crippen molar-refractivity contribution >= 4 is 25.7 Å². The van der Waals surface area contributed by atoms with Crippen LogP contribution in [0, 0.1) is 13.8 Å². The molecule has 26 heavy (non-hydrogen) atoms. The first-order valence-electron chi connectivity index (χ1n) is 8.32. The van der Waals surface area contributed by atoms with E-state index in [0.717, 1.165) is 11.1 Å². The maximum Gasteiger partial charge on any atom is 0.261 e. The van der Waals surface area contributed by atoms with Gasteiger partial charge in [-0.3, -0.25) is 4.72 Å². The Bertz CT molecular complexity index is 996. The molecule has 2 aromatic carbocycles. The molecule has 0 bridgehead atoms. The topological polar surface area (TPSA) is 83.6 Å². The summed E-state index contributed by atoms with van der Waals surface area (Å²) in [5, 5.41) is 0. The van der Waals surface area contributed by atoms with Gasteiger partial charge in [0.05, 0.1) is 15.5 Å². The van der Waals surface area contributed by atoms with E-state index in [2.05, 4.69) is 4.72 Å². The van der Waals surface area contributed by atoms with Gasteiger partial charge in [-0.05, 0) is 55.3 Å². The molecule has 0 spiro atoms. The second-order valence-electron chi connectivity index (χ2n) is 5.97. The SMILES string of the molecule is CCN(CC)S(=O)(=O)c1cccc(NS(=O)(=O)c2ccc(C)c(C)c2)c1. The second-order valence-corrected chi connectivity index (χ2v) is 9.59. The van der Waals surface area contributed by atoms with Gasteiger partial charge in [-0.15, -0.1) is 0 Å². The van der Waals surface area contributed by atoms with E-state index in [4.69, 9.17) is 0 Å². The number of rotatable bonds is 7. The van der Waals surface area contributed by atoms with Gasteiger partial charge in [0, 0.05) is 13.1 Å². The molecule has 0 aromatic heterocycles. The summed E-state index contributed by atoms with van der Waals surface area (Å²) in [4.78, 5) is 0.194. The lowest BCUT2D eigenvalue weighted by Gasteiger charge is -2.19. The molecule has 0 aliphatic carbocycles. The fourth-order valence-corrected chi connectivity index (χ4v) is 5.17. The third-order valence-electron chi connectivity index (χ3n) is 4.22. The molecule has 2 aromatic rings. The van der Waals surface area contributed by atoms with Crippen LogP contribution in [0.3, 0.4) is 0 Å². The number of benzene rings is 2. The van der Waals surface area contributed by atoms with Crippen molar-refractivity contribution in [3.05, 3.63) is 53.6 Å². The van der Waals surface area contributed by atoms with Crippen LogP contribution in [0.15, 0.2) is 52.3 Å². The molecule has 0 aliphatic heterocycles. The molecule has 0 saturated carbocycles. The molecule has 0 radical (unpaired) electrons. The van der Waals surface area contributed by atoms with E-state index < -0.39 is 20.0 Å². The lowest BCUT2D eigenvalue weighted by Crippen LogP contribution is -2.30. The fraction of sp³-hybridized carbons (Fsp3) is 0.333. The first-order valence-corrected chi connectivity index (χ1v) is 11.2. The monoisotopic (exact) mass is 396 g/mol. The van der Waals surface area contributed by atoms with Gasteiger partial charge in [0.1, 0.15) is 0 Å². The van der Waals surface area contributed by atoms with Crippen LogP contribution in [0.4, 0.5) is 5.69 Å². The van der Waals surface area contributed by atoms with Gasteiger partial charge in [-0.1, -0.05) is 26.0 Å². The molecule has 0 heterocycles. The Morgan fingerprint density at radius 1 is 0.846 bits per heavy atom. The summed E-state index contributed by atoms with van der Waals surface area (Å²) in [6.45, 7) is 7.95. The average Bonchev–Trinajstić information content (AvgIpc) is 2.58. The lowest BCUT2D eigenvalue weighted by molar-refractivity contribution is 0.445. The second kappa shape index (κ2) is 7.77. The van der Waals surface area contributed by atoms with Crippen LogP contribution in [0.25, 0.3) is 0 Å². The summed E-state index contributed by atoms with van der Waals surface area (Å²) in [5.41, 5.74) is 2.07. The molecular formula is C18H24N2O4S2. The Kier molecular flexibility index (Phi) is 6.10. The van der Waals surface area contributed by atoms with Gasteiger partial charge >= 0.3 is 0 Å². The van der Waals surface area contributed by atoms with Crippen molar-refractivity contribution in [2.75, 3.05) is 17.8 Å². The van der Waals surface area contributed by atoms with E-state index in [1.54, 1.807) is 26.0 Å². The molecule has 0 atom stereocenters. The third kappa shape index (κ3) is 4.25. The van der Waals surface area contributed by atoms with Crippen molar-refractivity contribution in [3.63, 3.8) is 0 Å². The van der Waals surface area contributed by atoms with Crippen molar-refractivity contribution < 1.29 is 16.8 Å². The molecule has 0 fully saturated rings. The summed E-state index contributed by atoms with van der Waals surface area (Å²) < 4.78 is 54.2. The molecular weight excluding hydrogens is 372 g/mol. The Balaban J connectivity index is 2.37. The number of hydrogen-bond donors (Lipinski definition) is 1. The molecule has 0 unspecified atom stereocenters. The van der Waals surface area contributed by atoms with Crippen molar-refractivity contribution in [3.8, 4) is 0 Å². The number of nitrogens with one attached hydrogen (secondary N) is 1. The Morgan fingerprint density at radius 3 is 2.08 bits per heavy atom. The molecule has 0 amide bonds. The predicted molar refractivity (Wildman–Crippen MR) is 103 cm³/mol. The Labute approximate surface area is 156 Å². The third-order valence-corrected chi connectivity index (χ3v) is 7.64. The van der Waals surface area contributed by atoms with Crippen molar-refractivity contribution in [1.82, 2.24) is 4.31 Å². The van der Waals surface area contributed by atoms with Crippen LogP contribution in [-0.4, -0.2) is 34.2 Å². The fourth-order valence-electron chi connectivity index (χ4n) is 2.53. The number of nitrogens with zero attached hydrogens (tertiary/aromatic N) is 1. The first-order chi connectivity index (χ1) is 12.1. The summed E-state index contributed by atoms with van der Waals surface area (Å²) in [7, 11) is -7.46. The summed E-state index contributed by atoms with van der Waals surface area (Å²) in [5.74, 6) is 0. The zero-order valence-electron chi connectivity index (χ0n) is 15.4. The van der Waals surface area contributed by atoms with Gasteiger partial charge in [0.2, 0.25) is 10.0 Å². The zero-order valence-corrected chi connectivity index (χ0v) is 17.0. The standard InChI is InChI=1S/C18H24N2O4S2/c1-5-20(6-2)26(23,24)18-9-7-8-16(13-18)19-25(21,22)17-11-10-14(3)15(4)12-17/h7-13,19H,5-6H2,1-4H3. The number of hydrogen-bond acceptors (Lipinski definition) is 4. The summed E-state index contributed by atoms with van der Waals surface area (Å²) in [6, 6.07) is 10.7. The predicted octanol–water partition coefficient (Wildman–Crippen LogP) is 3.13. The highest BCUT2D eigenvalue weighted by Crippen LogP contribution is 2.23. The zero-order chi connectivity index (χ0) is 19.5. The first kappa shape index (κ1) is 20.4. The molecule has 2 rings (SSSR count). The van der Waals surface area contributed by atoms with E-state index in [0.29, 0.717) is 13.1 Å². The van der Waals surface area contributed by atoms with E-state index in [1.165, 1.54) is 34.6 Å². The molecule has 0 saturated heterocycles.